The van der Waals surface area contributed by atoms with Gasteiger partial charge in [0.15, 0.2) is 6.10 Å². The van der Waals surface area contributed by atoms with Gasteiger partial charge in [-0.15, -0.1) is 0 Å². The zero-order valence-corrected chi connectivity index (χ0v) is 16.8. The number of carbonyl (C=O) groups is 2. The van der Waals surface area contributed by atoms with Gasteiger partial charge in [0.05, 0.1) is 12.0 Å². The van der Waals surface area contributed by atoms with Crippen molar-refractivity contribution in [3.63, 3.8) is 0 Å². The van der Waals surface area contributed by atoms with Crippen LogP contribution >= 0.6 is 11.6 Å². The molecule has 0 aromatic heterocycles. The van der Waals surface area contributed by atoms with Crippen LogP contribution in [0.3, 0.4) is 0 Å². The van der Waals surface area contributed by atoms with Crippen LogP contribution < -0.4 is 4.74 Å². The lowest BCUT2D eigenvalue weighted by atomic mass is 9.74. The highest BCUT2D eigenvalue weighted by Crippen LogP contribution is 2.46. The van der Waals surface area contributed by atoms with E-state index < -0.39 is 11.5 Å². The quantitative estimate of drug-likeness (QED) is 0.655. The van der Waals surface area contributed by atoms with Crippen LogP contribution in [-0.2, 0) is 14.3 Å². The summed E-state index contributed by atoms with van der Waals surface area (Å²) in [5.41, 5.74) is -0.426. The number of carbonyl (C=O) groups excluding carboxylic acids is 2. The molecule has 1 atom stereocenters. The summed E-state index contributed by atoms with van der Waals surface area (Å²) >= 11 is 5.97. The summed E-state index contributed by atoms with van der Waals surface area (Å²) in [6.45, 7) is 5.12. The molecule has 148 valence electrons. The van der Waals surface area contributed by atoms with Crippen molar-refractivity contribution in [1.82, 2.24) is 4.90 Å². The molecule has 3 rings (SSSR count). The summed E-state index contributed by atoms with van der Waals surface area (Å²) in [6, 6.07) is 7.04. The molecule has 1 aliphatic carbocycles. The summed E-state index contributed by atoms with van der Waals surface area (Å²) in [4.78, 5) is 27.2. The molecule has 0 bridgehead atoms. The Morgan fingerprint density at radius 1 is 1.30 bits per heavy atom. The van der Waals surface area contributed by atoms with E-state index in [2.05, 4.69) is 0 Å². The van der Waals surface area contributed by atoms with E-state index in [4.69, 9.17) is 21.1 Å². The van der Waals surface area contributed by atoms with E-state index in [1.54, 1.807) is 36.1 Å². The van der Waals surface area contributed by atoms with Crippen LogP contribution in [0.1, 0.15) is 46.0 Å². The molecule has 2 fully saturated rings. The van der Waals surface area contributed by atoms with Crippen molar-refractivity contribution in [2.45, 2.75) is 52.1 Å². The molecule has 0 radical (unpaired) electrons. The van der Waals surface area contributed by atoms with E-state index in [1.165, 1.54) is 12.8 Å². The second kappa shape index (κ2) is 8.51. The number of hydrogen-bond acceptors (Lipinski definition) is 4. The zero-order chi connectivity index (χ0) is 19.4. The van der Waals surface area contributed by atoms with Gasteiger partial charge in [-0.2, -0.15) is 0 Å². The summed E-state index contributed by atoms with van der Waals surface area (Å²) in [7, 11) is 0. The highest BCUT2D eigenvalue weighted by molar-refractivity contribution is 6.30. The fraction of sp³-hybridized carbons (Fsp3) is 0.619. The van der Waals surface area contributed by atoms with Gasteiger partial charge in [0.25, 0.3) is 5.91 Å². The Labute approximate surface area is 166 Å². The van der Waals surface area contributed by atoms with Gasteiger partial charge in [0, 0.05) is 18.1 Å². The minimum atomic E-state index is -0.595. The largest absolute Gasteiger partial charge is 0.481 e. The second-order valence-electron chi connectivity index (χ2n) is 7.69. The number of hydrogen-bond donors (Lipinski definition) is 0. The number of rotatable bonds is 7. The van der Waals surface area contributed by atoms with Crippen molar-refractivity contribution < 1.29 is 19.1 Å². The van der Waals surface area contributed by atoms with E-state index in [1.807, 2.05) is 6.92 Å². The van der Waals surface area contributed by atoms with Crippen LogP contribution in [0.5, 0.6) is 5.75 Å². The third kappa shape index (κ3) is 4.95. The van der Waals surface area contributed by atoms with Gasteiger partial charge >= 0.3 is 5.97 Å². The fourth-order valence-electron chi connectivity index (χ4n) is 3.86. The van der Waals surface area contributed by atoms with Crippen LogP contribution in [0.15, 0.2) is 24.3 Å². The molecular formula is C21H28ClNO4. The first-order valence-corrected chi connectivity index (χ1v) is 10.2. The third-order valence-corrected chi connectivity index (χ3v) is 5.81. The van der Waals surface area contributed by atoms with E-state index in [9.17, 15) is 9.59 Å². The molecule has 0 N–H and O–H groups in total. The van der Waals surface area contributed by atoms with Gasteiger partial charge in [-0.25, -0.2) is 0 Å². The van der Waals surface area contributed by atoms with Gasteiger partial charge < -0.3 is 14.4 Å². The van der Waals surface area contributed by atoms with Crippen molar-refractivity contribution >= 4 is 23.5 Å². The predicted molar refractivity (Wildman–Crippen MR) is 104 cm³/mol. The summed E-state index contributed by atoms with van der Waals surface area (Å²) in [5, 5.41) is 0.574. The standard InChI is InChI=1S/C21H28ClNO4/c1-3-26-20(25)21(14-16-7-8-16)9-11-23(12-10-21)19(24)15(2)27-18-6-4-5-17(22)13-18/h4-6,13,15-16H,3,7-12,14H2,1-2H3/t15-/m1/s1. The monoisotopic (exact) mass is 393 g/mol. The first-order chi connectivity index (χ1) is 12.9. The number of piperidine rings is 1. The van der Waals surface area contributed by atoms with Crippen molar-refractivity contribution in [1.29, 1.82) is 0 Å². The van der Waals surface area contributed by atoms with E-state index in [0.717, 1.165) is 6.42 Å². The molecule has 0 unspecified atom stereocenters. The molecule has 1 saturated heterocycles. The number of esters is 1. The molecule has 5 nitrogen and oxygen atoms in total. The second-order valence-corrected chi connectivity index (χ2v) is 8.13. The molecule has 1 saturated carbocycles. The number of likely N-dealkylation sites (tertiary alicyclic amines) is 1. The maximum absolute atomic E-state index is 12.8. The Kier molecular flexibility index (Phi) is 6.30. The average molecular weight is 394 g/mol. The van der Waals surface area contributed by atoms with Crippen molar-refractivity contribution in [3.05, 3.63) is 29.3 Å². The lowest BCUT2D eigenvalue weighted by molar-refractivity contribution is -0.162. The first kappa shape index (κ1) is 20.0. The highest BCUT2D eigenvalue weighted by atomic mass is 35.5. The van der Waals surface area contributed by atoms with Crippen LogP contribution in [0.2, 0.25) is 5.02 Å². The van der Waals surface area contributed by atoms with Crippen LogP contribution in [-0.4, -0.2) is 42.6 Å². The molecule has 1 aromatic carbocycles. The van der Waals surface area contributed by atoms with Crippen LogP contribution in [0, 0.1) is 11.3 Å². The molecule has 1 heterocycles. The van der Waals surface area contributed by atoms with Crippen LogP contribution in [0.25, 0.3) is 0 Å². The number of halogens is 1. The third-order valence-electron chi connectivity index (χ3n) is 5.57. The van der Waals surface area contributed by atoms with Gasteiger partial charge in [0.1, 0.15) is 5.75 Å². The first-order valence-electron chi connectivity index (χ1n) is 9.82. The Bertz CT molecular complexity index is 681. The van der Waals surface area contributed by atoms with E-state index in [-0.39, 0.29) is 11.9 Å². The summed E-state index contributed by atoms with van der Waals surface area (Å²) in [6.07, 6.45) is 4.03. The Hall–Kier alpha value is -1.75. The normalized spacial score (nSPS) is 20.0. The number of amides is 1. The van der Waals surface area contributed by atoms with Crippen molar-refractivity contribution in [2.75, 3.05) is 19.7 Å². The lowest BCUT2D eigenvalue weighted by Gasteiger charge is -2.40. The molecular weight excluding hydrogens is 366 g/mol. The smallest absolute Gasteiger partial charge is 0.312 e. The predicted octanol–water partition coefficient (Wildman–Crippen LogP) is 4.08. The number of nitrogens with zero attached hydrogens (tertiary/aromatic N) is 1. The van der Waals surface area contributed by atoms with Crippen LogP contribution in [0.4, 0.5) is 0 Å². The maximum atomic E-state index is 12.8. The minimum absolute atomic E-state index is 0.0566. The Balaban J connectivity index is 1.59. The van der Waals surface area contributed by atoms with Gasteiger partial charge in [-0.1, -0.05) is 30.5 Å². The molecule has 27 heavy (non-hydrogen) atoms. The van der Waals surface area contributed by atoms with E-state index >= 15 is 0 Å². The summed E-state index contributed by atoms with van der Waals surface area (Å²) < 4.78 is 11.1. The molecule has 2 aliphatic rings. The Morgan fingerprint density at radius 3 is 2.59 bits per heavy atom. The SMILES string of the molecule is CCOC(=O)C1(CC2CC2)CCN(C(=O)[C@@H](C)Oc2cccc(Cl)c2)CC1. The summed E-state index contributed by atoms with van der Waals surface area (Å²) in [5.74, 6) is 1.07. The number of benzene rings is 1. The van der Waals surface area contributed by atoms with Crippen molar-refractivity contribution in [2.24, 2.45) is 11.3 Å². The van der Waals surface area contributed by atoms with Gasteiger partial charge in [-0.3, -0.25) is 9.59 Å². The molecule has 1 aliphatic heterocycles. The molecule has 6 heteroatoms. The highest BCUT2D eigenvalue weighted by Gasteiger charge is 2.47. The van der Waals surface area contributed by atoms with Gasteiger partial charge in [0.2, 0.25) is 0 Å². The molecule has 1 aromatic rings. The lowest BCUT2D eigenvalue weighted by Crippen LogP contribution is -2.50. The zero-order valence-electron chi connectivity index (χ0n) is 16.1. The molecule has 1 amide bonds. The topological polar surface area (TPSA) is 55.8 Å². The van der Waals surface area contributed by atoms with E-state index in [0.29, 0.717) is 49.2 Å². The van der Waals surface area contributed by atoms with Gasteiger partial charge in [-0.05, 0) is 57.2 Å². The van der Waals surface area contributed by atoms with Crippen molar-refractivity contribution in [3.8, 4) is 5.75 Å². The average Bonchev–Trinajstić information content (AvgIpc) is 3.46. The minimum Gasteiger partial charge on any atom is -0.481 e. The maximum Gasteiger partial charge on any atom is 0.312 e. The fourth-order valence-corrected chi connectivity index (χ4v) is 4.04. The molecule has 0 spiro atoms. The Morgan fingerprint density at radius 2 is 2.00 bits per heavy atom. The number of ether oxygens (including phenoxy) is 2.